The van der Waals surface area contributed by atoms with Crippen molar-refractivity contribution in [2.24, 2.45) is 5.92 Å². The van der Waals surface area contributed by atoms with Crippen LogP contribution in [0.1, 0.15) is 31.8 Å². The Hall–Kier alpha value is -3.23. The van der Waals surface area contributed by atoms with Gasteiger partial charge in [-0.05, 0) is 70.0 Å². The van der Waals surface area contributed by atoms with Crippen molar-refractivity contribution in [2.45, 2.75) is 27.1 Å². The number of fused-ring (bicyclic) bond motifs is 6. The second-order valence-electron chi connectivity index (χ2n) is 8.55. The Kier molecular flexibility index (Phi) is 3.43. The van der Waals surface area contributed by atoms with E-state index in [2.05, 4.69) is 59.6 Å². The summed E-state index contributed by atoms with van der Waals surface area (Å²) in [6.07, 6.45) is -0.473. The zero-order valence-corrected chi connectivity index (χ0v) is 18.8. The lowest BCUT2D eigenvalue weighted by Crippen LogP contribution is -1.98. The Morgan fingerprint density at radius 3 is 2.59 bits per heavy atom. The Morgan fingerprint density at radius 1 is 0.875 bits per heavy atom. The molecule has 0 saturated carbocycles. The van der Waals surface area contributed by atoms with Gasteiger partial charge in [0.25, 0.3) is 0 Å². The van der Waals surface area contributed by atoms with Crippen molar-refractivity contribution in [3.8, 4) is 11.3 Å². The Bertz CT molecular complexity index is 1830. The van der Waals surface area contributed by atoms with Crippen LogP contribution in [0.2, 0.25) is 0 Å². The summed E-state index contributed by atoms with van der Waals surface area (Å²) in [5, 5.41) is 7.11. The minimum absolute atomic E-state index is 0.0309. The average Bonchev–Trinajstić information content (AvgIpc) is 3.24. The fourth-order valence-corrected chi connectivity index (χ4v) is 5.79. The summed E-state index contributed by atoms with van der Waals surface area (Å²) in [5.41, 5.74) is 1.62. The molecule has 0 N–H and O–H groups in total. The first kappa shape index (κ1) is 14.8. The molecular weight excluding hydrogens is 406 g/mol. The third-order valence-corrected chi connectivity index (χ3v) is 7.19. The van der Waals surface area contributed by atoms with Crippen molar-refractivity contribution in [2.75, 3.05) is 0 Å². The second-order valence-corrected chi connectivity index (χ2v) is 9.61. The van der Waals surface area contributed by atoms with Gasteiger partial charge in [-0.2, -0.15) is 0 Å². The maximum atomic E-state index is 8.69. The maximum absolute atomic E-state index is 8.69. The van der Waals surface area contributed by atoms with Crippen molar-refractivity contribution < 1.29 is 6.85 Å². The van der Waals surface area contributed by atoms with Crippen LogP contribution >= 0.6 is 11.3 Å². The van der Waals surface area contributed by atoms with Gasteiger partial charge < -0.3 is 0 Å². The Morgan fingerprint density at radius 2 is 1.72 bits per heavy atom. The minimum Gasteiger partial charge on any atom is -0.256 e. The molecule has 0 radical (unpaired) electrons. The van der Waals surface area contributed by atoms with Gasteiger partial charge in [0.15, 0.2) is 0 Å². The summed E-state index contributed by atoms with van der Waals surface area (Å²) in [6.45, 7) is 1.09. The molecule has 0 saturated heterocycles. The highest BCUT2D eigenvalue weighted by Crippen LogP contribution is 2.42. The fraction of sp³-hybridized carbons (Fsp3) is 0.167. The molecule has 6 aromatic rings. The predicted octanol–water partition coefficient (Wildman–Crippen LogP) is 8.93. The number of benzene rings is 4. The molecule has 0 amide bonds. The van der Waals surface area contributed by atoms with Crippen molar-refractivity contribution in [1.29, 1.82) is 0 Å². The lowest BCUT2D eigenvalue weighted by molar-refractivity contribution is 0.644. The van der Waals surface area contributed by atoms with E-state index in [1.807, 2.05) is 12.1 Å². The monoisotopic (exact) mass is 436 g/mol. The van der Waals surface area contributed by atoms with E-state index >= 15 is 0 Å². The van der Waals surface area contributed by atoms with E-state index in [1.54, 1.807) is 31.3 Å². The largest absolute Gasteiger partial charge is 0.256 e. The summed E-state index contributed by atoms with van der Waals surface area (Å²) >= 11 is 1.69. The molecule has 0 atom stereocenters. The number of aryl methyl sites for hydroxylation is 1. The summed E-state index contributed by atoms with van der Waals surface area (Å²) in [4.78, 5) is 4.55. The number of pyridine rings is 1. The Balaban J connectivity index is 1.62. The molecule has 0 unspecified atom stereocenters. The van der Waals surface area contributed by atoms with Crippen LogP contribution in [0.5, 0.6) is 0 Å². The molecule has 0 spiro atoms. The molecule has 6 rings (SSSR count). The van der Waals surface area contributed by atoms with Gasteiger partial charge in [-0.25, -0.2) is 0 Å². The molecule has 32 heavy (non-hydrogen) atoms. The summed E-state index contributed by atoms with van der Waals surface area (Å²) in [7, 11) is 0. The highest BCUT2D eigenvalue weighted by molar-refractivity contribution is 7.26. The van der Waals surface area contributed by atoms with Crippen LogP contribution in [0.3, 0.4) is 0 Å². The lowest BCUT2D eigenvalue weighted by Gasteiger charge is -2.11. The quantitative estimate of drug-likeness (QED) is 0.252. The van der Waals surface area contributed by atoms with Crippen LogP contribution in [0, 0.1) is 12.8 Å². The third kappa shape index (κ3) is 3.10. The van der Waals surface area contributed by atoms with E-state index in [0.717, 1.165) is 15.6 Å². The van der Waals surface area contributed by atoms with E-state index in [0.29, 0.717) is 5.69 Å². The van der Waals surface area contributed by atoms with Crippen LogP contribution in [0.25, 0.3) is 53.0 Å². The Labute approximate surface area is 199 Å². The van der Waals surface area contributed by atoms with Crippen LogP contribution in [-0.4, -0.2) is 4.98 Å². The summed E-state index contributed by atoms with van der Waals surface area (Å²) in [5.74, 6) is -0.397. The number of hydrogen-bond acceptors (Lipinski definition) is 2. The molecule has 2 heterocycles. The van der Waals surface area contributed by atoms with E-state index < -0.39 is 19.1 Å². The van der Waals surface area contributed by atoms with Crippen LogP contribution in [0.15, 0.2) is 79.0 Å². The number of hydrogen-bond donors (Lipinski definition) is 0. The van der Waals surface area contributed by atoms with Crippen LogP contribution < -0.4 is 0 Å². The maximum Gasteiger partial charge on any atom is 0.0719 e. The van der Waals surface area contributed by atoms with Crippen LogP contribution in [0.4, 0.5) is 0 Å². The van der Waals surface area contributed by atoms with Gasteiger partial charge in [0.1, 0.15) is 0 Å². The molecule has 0 aliphatic heterocycles. The topological polar surface area (TPSA) is 12.9 Å². The molecule has 2 aromatic heterocycles. The molecular formula is C30H25NS. The zero-order chi connectivity index (χ0) is 26.1. The average molecular weight is 437 g/mol. The predicted molar refractivity (Wildman–Crippen MR) is 141 cm³/mol. The molecule has 2 heteroatoms. The van der Waals surface area contributed by atoms with Gasteiger partial charge in [-0.1, -0.05) is 68.4 Å². The third-order valence-electron chi connectivity index (χ3n) is 5.99. The highest BCUT2D eigenvalue weighted by Gasteiger charge is 2.14. The molecule has 4 aromatic carbocycles. The van der Waals surface area contributed by atoms with Gasteiger partial charge in [-0.15, -0.1) is 11.3 Å². The highest BCUT2D eigenvalue weighted by atomic mass is 32.1. The van der Waals surface area contributed by atoms with E-state index in [-0.39, 0.29) is 11.1 Å². The van der Waals surface area contributed by atoms with Crippen molar-refractivity contribution >= 4 is 53.1 Å². The minimum atomic E-state index is -2.45. The number of aromatic nitrogens is 1. The van der Waals surface area contributed by atoms with Gasteiger partial charge in [0.2, 0.25) is 0 Å². The van der Waals surface area contributed by atoms with E-state index in [1.165, 1.54) is 37.8 Å². The van der Waals surface area contributed by atoms with Gasteiger partial charge in [0, 0.05) is 38.8 Å². The first-order valence-electron chi connectivity index (χ1n) is 13.3. The lowest BCUT2D eigenvalue weighted by atomic mass is 9.97. The molecule has 0 bridgehead atoms. The SMILES string of the molecule is [2H]C([2H])([2H])c1cnc(-c2cccc3c2sc2cc4ccc5ccccc5c4cc23)cc1C([2H])([2H])C(C)C. The smallest absolute Gasteiger partial charge is 0.0719 e. The molecule has 156 valence electrons. The van der Waals surface area contributed by atoms with Crippen molar-refractivity contribution in [3.05, 3.63) is 90.1 Å². The fourth-order valence-electron chi connectivity index (χ4n) is 4.53. The first-order valence-corrected chi connectivity index (χ1v) is 11.7. The van der Waals surface area contributed by atoms with E-state index in [4.69, 9.17) is 6.85 Å². The zero-order valence-electron chi connectivity index (χ0n) is 22.9. The molecule has 0 aliphatic rings. The number of nitrogens with zero attached hydrogens (tertiary/aromatic N) is 1. The number of thiophene rings is 1. The standard InChI is InChI=1S/C30H25NS/c1-18(2)13-22-14-28(31-17-19(22)3)25-10-6-9-24-27-16-26-21(15-29(27)32-30(24)25)12-11-20-7-4-5-8-23(20)26/h4-12,14-18H,13H2,1-3H3/i3D3,13D2. The summed E-state index contributed by atoms with van der Waals surface area (Å²) in [6, 6.07) is 25.0. The van der Waals surface area contributed by atoms with Crippen LogP contribution in [-0.2, 0) is 6.37 Å². The summed E-state index contributed by atoms with van der Waals surface area (Å²) < 4.78 is 43.5. The van der Waals surface area contributed by atoms with Gasteiger partial charge in [0.05, 0.1) is 5.69 Å². The van der Waals surface area contributed by atoms with Crippen molar-refractivity contribution in [3.63, 3.8) is 0 Å². The van der Waals surface area contributed by atoms with Crippen molar-refractivity contribution in [1.82, 2.24) is 4.98 Å². The normalized spacial score (nSPS) is 15.2. The first-order chi connectivity index (χ1) is 17.6. The molecule has 0 aliphatic carbocycles. The van der Waals surface area contributed by atoms with Gasteiger partial charge in [-0.3, -0.25) is 4.98 Å². The van der Waals surface area contributed by atoms with E-state index in [9.17, 15) is 0 Å². The number of rotatable bonds is 3. The molecule has 0 fully saturated rings. The van der Waals surface area contributed by atoms with Gasteiger partial charge >= 0.3 is 0 Å². The second kappa shape index (κ2) is 7.43. The molecule has 1 nitrogen and oxygen atoms in total.